The zero-order valence-electron chi connectivity index (χ0n) is 14.1. The van der Waals surface area contributed by atoms with Crippen molar-refractivity contribution in [3.8, 4) is 5.75 Å². The summed E-state index contributed by atoms with van der Waals surface area (Å²) in [7, 11) is 0. The van der Waals surface area contributed by atoms with Gasteiger partial charge in [-0.05, 0) is 49.2 Å². The lowest BCUT2D eigenvalue weighted by atomic mass is 10.2. The summed E-state index contributed by atoms with van der Waals surface area (Å²) in [6.07, 6.45) is 0. The molecule has 0 heterocycles. The number of ether oxygens (including phenoxy) is 1. The Morgan fingerprint density at radius 1 is 0.760 bits per heavy atom. The van der Waals surface area contributed by atoms with Crippen LogP contribution in [0.5, 0.6) is 5.75 Å². The Labute approximate surface area is 165 Å². The quantitative estimate of drug-likeness (QED) is 0.396. The minimum Gasteiger partial charge on any atom is -0.489 e. The molecule has 0 aliphatic heterocycles. The Bertz CT molecular complexity index is 799. The zero-order valence-corrected chi connectivity index (χ0v) is 17.3. The minimum atomic E-state index is -0.163. The maximum absolute atomic E-state index is 12.5. The summed E-state index contributed by atoms with van der Waals surface area (Å²) in [5, 5.41) is 0. The molecule has 0 saturated carbocycles. The van der Waals surface area contributed by atoms with Gasteiger partial charge in [-0.1, -0.05) is 74.3 Å². The normalized spacial score (nSPS) is 9.96. The molecule has 0 aliphatic rings. The molecular formula is C21H19Br2FO. The van der Waals surface area contributed by atoms with Gasteiger partial charge in [0.05, 0.1) is 0 Å². The Balaban J connectivity index is 0.000000212. The Morgan fingerprint density at radius 2 is 1.36 bits per heavy atom. The lowest BCUT2D eigenvalue weighted by Gasteiger charge is -2.10. The first-order valence-electron chi connectivity index (χ1n) is 7.81. The molecule has 25 heavy (non-hydrogen) atoms. The van der Waals surface area contributed by atoms with Gasteiger partial charge in [-0.3, -0.25) is 0 Å². The van der Waals surface area contributed by atoms with Crippen LogP contribution in [0.2, 0.25) is 0 Å². The molecule has 3 aromatic carbocycles. The van der Waals surface area contributed by atoms with Gasteiger partial charge in [0.2, 0.25) is 0 Å². The van der Waals surface area contributed by atoms with E-state index >= 15 is 0 Å². The average molecular weight is 466 g/mol. The third-order valence-electron chi connectivity index (χ3n) is 3.66. The summed E-state index contributed by atoms with van der Waals surface area (Å²) in [5.41, 5.74) is 2.98. The highest BCUT2D eigenvalue weighted by molar-refractivity contribution is 9.10. The van der Waals surface area contributed by atoms with E-state index in [0.29, 0.717) is 12.2 Å². The van der Waals surface area contributed by atoms with Crippen molar-refractivity contribution in [2.45, 2.75) is 20.5 Å². The van der Waals surface area contributed by atoms with Gasteiger partial charge in [0.1, 0.15) is 18.2 Å². The topological polar surface area (TPSA) is 9.23 Å². The molecule has 3 rings (SSSR count). The van der Waals surface area contributed by atoms with Crippen molar-refractivity contribution in [3.05, 3.63) is 98.2 Å². The van der Waals surface area contributed by atoms with Crippen LogP contribution in [0.4, 0.5) is 4.39 Å². The lowest BCUT2D eigenvalue weighted by molar-refractivity contribution is 0.304. The van der Waals surface area contributed by atoms with Crippen LogP contribution in [0, 0.1) is 19.7 Å². The Morgan fingerprint density at radius 3 is 1.96 bits per heavy atom. The number of rotatable bonds is 3. The number of benzene rings is 3. The fraction of sp³-hybridized carbons (Fsp3) is 0.143. The van der Waals surface area contributed by atoms with Crippen molar-refractivity contribution >= 4 is 31.9 Å². The fourth-order valence-corrected chi connectivity index (χ4v) is 2.75. The van der Waals surface area contributed by atoms with Gasteiger partial charge in [0.15, 0.2) is 0 Å². The van der Waals surface area contributed by atoms with Gasteiger partial charge in [0, 0.05) is 14.5 Å². The summed E-state index contributed by atoms with van der Waals surface area (Å²) in [5.74, 6) is 0.766. The SMILES string of the molecule is Cc1c(Br)cccc1OCc1ccccc1.Cc1c(F)cccc1Br. The molecule has 0 fully saturated rings. The average Bonchev–Trinajstić information content (AvgIpc) is 2.62. The molecule has 1 nitrogen and oxygen atoms in total. The molecule has 0 aliphatic carbocycles. The fourth-order valence-electron chi connectivity index (χ4n) is 2.06. The maximum atomic E-state index is 12.5. The van der Waals surface area contributed by atoms with Crippen LogP contribution in [-0.2, 0) is 6.61 Å². The van der Waals surface area contributed by atoms with Crippen LogP contribution < -0.4 is 4.74 Å². The van der Waals surface area contributed by atoms with E-state index in [1.54, 1.807) is 13.0 Å². The van der Waals surface area contributed by atoms with E-state index in [-0.39, 0.29) is 5.82 Å². The van der Waals surface area contributed by atoms with E-state index in [1.165, 1.54) is 11.6 Å². The molecule has 0 amide bonds. The van der Waals surface area contributed by atoms with Crippen molar-refractivity contribution in [1.82, 2.24) is 0 Å². The second kappa shape index (κ2) is 9.73. The van der Waals surface area contributed by atoms with Crippen molar-refractivity contribution in [2.24, 2.45) is 0 Å². The van der Waals surface area contributed by atoms with Crippen LogP contribution >= 0.6 is 31.9 Å². The highest BCUT2D eigenvalue weighted by Crippen LogP contribution is 2.26. The van der Waals surface area contributed by atoms with Crippen molar-refractivity contribution in [3.63, 3.8) is 0 Å². The van der Waals surface area contributed by atoms with Crippen molar-refractivity contribution in [1.29, 1.82) is 0 Å². The van der Waals surface area contributed by atoms with Gasteiger partial charge >= 0.3 is 0 Å². The molecule has 4 heteroatoms. The first-order chi connectivity index (χ1) is 12.0. The van der Waals surface area contributed by atoms with E-state index in [9.17, 15) is 4.39 Å². The maximum Gasteiger partial charge on any atom is 0.127 e. The summed E-state index contributed by atoms with van der Waals surface area (Å²) in [4.78, 5) is 0. The van der Waals surface area contributed by atoms with Crippen molar-refractivity contribution in [2.75, 3.05) is 0 Å². The van der Waals surface area contributed by atoms with Crippen LogP contribution in [0.15, 0.2) is 75.7 Å². The van der Waals surface area contributed by atoms with E-state index in [1.807, 2.05) is 49.4 Å². The molecular weight excluding hydrogens is 447 g/mol. The predicted octanol–water partition coefficient (Wildman–Crippen LogP) is 7.23. The Hall–Kier alpha value is -1.65. The summed E-state index contributed by atoms with van der Waals surface area (Å²) in [6, 6.07) is 21.1. The minimum absolute atomic E-state index is 0.163. The van der Waals surface area contributed by atoms with Crippen LogP contribution in [0.1, 0.15) is 16.7 Å². The number of hydrogen-bond acceptors (Lipinski definition) is 1. The van der Waals surface area contributed by atoms with Crippen LogP contribution in [0.25, 0.3) is 0 Å². The van der Waals surface area contributed by atoms with E-state index in [2.05, 4.69) is 44.0 Å². The van der Waals surface area contributed by atoms with Crippen LogP contribution in [-0.4, -0.2) is 0 Å². The van der Waals surface area contributed by atoms with Gasteiger partial charge < -0.3 is 4.74 Å². The molecule has 3 aromatic rings. The highest BCUT2D eigenvalue weighted by atomic mass is 79.9. The molecule has 130 valence electrons. The number of hydrogen-bond donors (Lipinski definition) is 0. The third-order valence-corrected chi connectivity index (χ3v) is 5.37. The van der Waals surface area contributed by atoms with E-state index in [0.717, 1.165) is 20.3 Å². The summed E-state index contributed by atoms with van der Waals surface area (Å²) in [6.45, 7) is 4.39. The number of halogens is 3. The van der Waals surface area contributed by atoms with Gasteiger partial charge in [-0.2, -0.15) is 0 Å². The molecule has 0 bridgehead atoms. The Kier molecular flexibility index (Phi) is 7.66. The molecule has 0 atom stereocenters. The molecule has 0 spiro atoms. The third kappa shape index (κ3) is 5.98. The molecule has 0 aromatic heterocycles. The first kappa shape index (κ1) is 19.7. The predicted molar refractivity (Wildman–Crippen MR) is 108 cm³/mol. The zero-order chi connectivity index (χ0) is 18.2. The highest BCUT2D eigenvalue weighted by Gasteiger charge is 2.02. The lowest BCUT2D eigenvalue weighted by Crippen LogP contribution is -1.96. The largest absolute Gasteiger partial charge is 0.489 e. The van der Waals surface area contributed by atoms with E-state index < -0.39 is 0 Å². The molecule has 0 radical (unpaired) electrons. The standard InChI is InChI=1S/C14H13BrO.C7H6BrF/c1-11-13(15)8-5-9-14(11)16-10-12-6-3-2-4-7-12;1-5-6(8)3-2-4-7(5)9/h2-9H,10H2,1H3;2-4H,1H3. The van der Waals surface area contributed by atoms with Gasteiger partial charge in [-0.25, -0.2) is 4.39 Å². The molecule has 0 N–H and O–H groups in total. The second-order valence-corrected chi connectivity index (χ2v) is 7.19. The smallest absolute Gasteiger partial charge is 0.127 e. The van der Waals surface area contributed by atoms with Gasteiger partial charge in [-0.15, -0.1) is 0 Å². The van der Waals surface area contributed by atoms with Crippen molar-refractivity contribution < 1.29 is 9.13 Å². The molecule has 0 unspecified atom stereocenters. The van der Waals surface area contributed by atoms with Gasteiger partial charge in [0.25, 0.3) is 0 Å². The van der Waals surface area contributed by atoms with Crippen LogP contribution in [0.3, 0.4) is 0 Å². The van der Waals surface area contributed by atoms with E-state index in [4.69, 9.17) is 4.74 Å². The summed E-state index contributed by atoms with van der Waals surface area (Å²) < 4.78 is 20.2. The first-order valence-corrected chi connectivity index (χ1v) is 9.40. The molecule has 0 saturated heterocycles. The monoisotopic (exact) mass is 464 g/mol. The second-order valence-electron chi connectivity index (χ2n) is 5.48. The summed E-state index contributed by atoms with van der Waals surface area (Å²) >= 11 is 6.70.